The molecule has 0 spiro atoms. The fraction of sp³-hybridized carbons (Fsp3) is 1.00. The SMILES string of the molecule is CC[C@@H](C)C1CCC2[C@H](O)CCC[C@]12C. The first-order chi connectivity index (χ1) is 7.09. The summed E-state index contributed by atoms with van der Waals surface area (Å²) in [5, 5.41) is 10.1. The Bertz CT molecular complexity index is 225. The molecule has 0 heterocycles. The van der Waals surface area contributed by atoms with Crippen molar-refractivity contribution in [3.05, 3.63) is 0 Å². The van der Waals surface area contributed by atoms with Gasteiger partial charge in [0.15, 0.2) is 0 Å². The molecule has 2 aliphatic rings. The maximum atomic E-state index is 10.1. The number of aliphatic hydroxyl groups is 1. The summed E-state index contributed by atoms with van der Waals surface area (Å²) in [7, 11) is 0. The largest absolute Gasteiger partial charge is 0.393 e. The Morgan fingerprint density at radius 3 is 2.73 bits per heavy atom. The van der Waals surface area contributed by atoms with Gasteiger partial charge >= 0.3 is 0 Å². The van der Waals surface area contributed by atoms with Crippen molar-refractivity contribution >= 4 is 0 Å². The van der Waals surface area contributed by atoms with Crippen LogP contribution >= 0.6 is 0 Å². The summed E-state index contributed by atoms with van der Waals surface area (Å²) in [4.78, 5) is 0. The highest BCUT2D eigenvalue weighted by atomic mass is 16.3. The molecule has 0 aromatic heterocycles. The summed E-state index contributed by atoms with van der Waals surface area (Å²) in [6.07, 6.45) is 7.55. The highest BCUT2D eigenvalue weighted by Crippen LogP contribution is 2.57. The first-order valence-electron chi connectivity index (χ1n) is 6.77. The van der Waals surface area contributed by atoms with E-state index in [4.69, 9.17) is 0 Å². The zero-order valence-corrected chi connectivity index (χ0v) is 10.5. The van der Waals surface area contributed by atoms with Gasteiger partial charge in [-0.1, -0.05) is 33.6 Å². The predicted molar refractivity (Wildman–Crippen MR) is 63.6 cm³/mol. The predicted octanol–water partition coefficient (Wildman–Crippen LogP) is 3.61. The maximum Gasteiger partial charge on any atom is 0.0573 e. The lowest BCUT2D eigenvalue weighted by Crippen LogP contribution is -2.41. The topological polar surface area (TPSA) is 20.2 Å². The Kier molecular flexibility index (Phi) is 3.12. The summed E-state index contributed by atoms with van der Waals surface area (Å²) in [5.74, 6) is 2.30. The minimum Gasteiger partial charge on any atom is -0.393 e. The molecule has 0 amide bonds. The van der Waals surface area contributed by atoms with Crippen LogP contribution in [0.2, 0.25) is 0 Å². The minimum atomic E-state index is -0.00203. The van der Waals surface area contributed by atoms with E-state index < -0.39 is 0 Å². The second kappa shape index (κ2) is 4.08. The van der Waals surface area contributed by atoms with Crippen LogP contribution in [0.25, 0.3) is 0 Å². The van der Waals surface area contributed by atoms with Crippen LogP contribution in [0, 0.1) is 23.2 Å². The van der Waals surface area contributed by atoms with Crippen molar-refractivity contribution in [2.24, 2.45) is 23.2 Å². The molecule has 0 saturated heterocycles. The van der Waals surface area contributed by atoms with Crippen LogP contribution in [0.15, 0.2) is 0 Å². The third kappa shape index (κ3) is 1.73. The summed E-state index contributed by atoms with van der Waals surface area (Å²) in [6.45, 7) is 7.16. The van der Waals surface area contributed by atoms with Crippen LogP contribution in [0.5, 0.6) is 0 Å². The van der Waals surface area contributed by atoms with E-state index in [9.17, 15) is 5.11 Å². The van der Waals surface area contributed by atoms with Gasteiger partial charge in [0.2, 0.25) is 0 Å². The Balaban J connectivity index is 2.17. The molecule has 1 nitrogen and oxygen atoms in total. The van der Waals surface area contributed by atoms with Gasteiger partial charge in [-0.15, -0.1) is 0 Å². The van der Waals surface area contributed by atoms with E-state index in [2.05, 4.69) is 20.8 Å². The third-order valence-electron chi connectivity index (χ3n) is 5.49. The van der Waals surface area contributed by atoms with Crippen LogP contribution < -0.4 is 0 Å². The Labute approximate surface area is 94.3 Å². The monoisotopic (exact) mass is 210 g/mol. The number of aliphatic hydroxyl groups excluding tert-OH is 1. The van der Waals surface area contributed by atoms with Gasteiger partial charge in [-0.2, -0.15) is 0 Å². The first-order valence-corrected chi connectivity index (χ1v) is 6.77. The molecule has 2 rings (SSSR count). The first kappa shape index (κ1) is 11.4. The fourth-order valence-corrected chi connectivity index (χ4v) is 4.41. The van der Waals surface area contributed by atoms with E-state index in [-0.39, 0.29) is 6.10 Å². The second-order valence-corrected chi connectivity index (χ2v) is 6.14. The average Bonchev–Trinajstić information content (AvgIpc) is 2.56. The molecule has 0 bridgehead atoms. The van der Waals surface area contributed by atoms with Gasteiger partial charge in [-0.05, 0) is 48.9 Å². The van der Waals surface area contributed by atoms with E-state index in [1.54, 1.807) is 0 Å². The Morgan fingerprint density at radius 1 is 1.33 bits per heavy atom. The van der Waals surface area contributed by atoms with Crippen LogP contribution in [0.3, 0.4) is 0 Å². The van der Waals surface area contributed by atoms with Gasteiger partial charge < -0.3 is 5.11 Å². The van der Waals surface area contributed by atoms with Crippen molar-refractivity contribution in [2.75, 3.05) is 0 Å². The van der Waals surface area contributed by atoms with Crippen LogP contribution in [0.4, 0.5) is 0 Å². The van der Waals surface area contributed by atoms with Gasteiger partial charge in [-0.3, -0.25) is 0 Å². The average molecular weight is 210 g/mol. The molecular weight excluding hydrogens is 184 g/mol. The molecule has 1 N–H and O–H groups in total. The quantitative estimate of drug-likeness (QED) is 0.738. The molecule has 2 unspecified atom stereocenters. The smallest absolute Gasteiger partial charge is 0.0573 e. The van der Waals surface area contributed by atoms with Crippen LogP contribution in [-0.2, 0) is 0 Å². The van der Waals surface area contributed by atoms with Crippen molar-refractivity contribution in [3.8, 4) is 0 Å². The molecule has 88 valence electrons. The third-order valence-corrected chi connectivity index (χ3v) is 5.49. The molecule has 1 heteroatoms. The van der Waals surface area contributed by atoms with E-state index >= 15 is 0 Å². The van der Waals surface area contributed by atoms with E-state index in [0.717, 1.165) is 18.3 Å². The molecule has 0 aromatic rings. The van der Waals surface area contributed by atoms with Gasteiger partial charge in [0.1, 0.15) is 0 Å². The highest BCUT2D eigenvalue weighted by molar-refractivity contribution is 5.01. The molecule has 2 aliphatic carbocycles. The number of hydrogen-bond donors (Lipinski definition) is 1. The van der Waals surface area contributed by atoms with E-state index in [1.165, 1.54) is 32.1 Å². The molecule has 0 aliphatic heterocycles. The lowest BCUT2D eigenvalue weighted by Gasteiger charge is -2.45. The maximum absolute atomic E-state index is 10.1. The Morgan fingerprint density at radius 2 is 2.07 bits per heavy atom. The minimum absolute atomic E-state index is 0.00203. The summed E-state index contributed by atoms with van der Waals surface area (Å²) in [5.41, 5.74) is 0.451. The molecule has 0 radical (unpaired) electrons. The van der Waals surface area contributed by atoms with Crippen LogP contribution in [-0.4, -0.2) is 11.2 Å². The zero-order chi connectivity index (χ0) is 11.1. The molecular formula is C14H26O. The fourth-order valence-electron chi connectivity index (χ4n) is 4.41. The molecule has 15 heavy (non-hydrogen) atoms. The van der Waals surface area contributed by atoms with Gasteiger partial charge in [0.05, 0.1) is 6.10 Å². The summed E-state index contributed by atoms with van der Waals surface area (Å²) in [6, 6.07) is 0. The number of hydrogen-bond acceptors (Lipinski definition) is 1. The van der Waals surface area contributed by atoms with Crippen molar-refractivity contribution in [3.63, 3.8) is 0 Å². The zero-order valence-electron chi connectivity index (χ0n) is 10.5. The van der Waals surface area contributed by atoms with Crippen molar-refractivity contribution in [2.45, 2.75) is 65.4 Å². The van der Waals surface area contributed by atoms with E-state index in [1.807, 2.05) is 0 Å². The van der Waals surface area contributed by atoms with Crippen molar-refractivity contribution in [1.29, 1.82) is 0 Å². The standard InChI is InChI=1S/C14H26O/c1-4-10(2)11-7-8-12-13(15)6-5-9-14(11,12)3/h10-13,15H,4-9H2,1-3H3/t10-,11?,12?,13-,14-/m1/s1. The van der Waals surface area contributed by atoms with Gasteiger partial charge in [-0.25, -0.2) is 0 Å². The van der Waals surface area contributed by atoms with Crippen molar-refractivity contribution < 1.29 is 5.11 Å². The molecule has 2 saturated carbocycles. The van der Waals surface area contributed by atoms with Crippen molar-refractivity contribution in [1.82, 2.24) is 0 Å². The normalized spacial score (nSPS) is 47.6. The van der Waals surface area contributed by atoms with E-state index in [0.29, 0.717) is 11.3 Å². The summed E-state index contributed by atoms with van der Waals surface area (Å²) >= 11 is 0. The molecule has 2 fully saturated rings. The lowest BCUT2D eigenvalue weighted by molar-refractivity contribution is -0.0272. The van der Waals surface area contributed by atoms with Gasteiger partial charge in [0.25, 0.3) is 0 Å². The molecule has 5 atom stereocenters. The number of rotatable bonds is 2. The summed E-state index contributed by atoms with van der Waals surface area (Å²) < 4.78 is 0. The number of fused-ring (bicyclic) bond motifs is 1. The lowest BCUT2D eigenvalue weighted by atomic mass is 9.61. The second-order valence-electron chi connectivity index (χ2n) is 6.14. The highest BCUT2D eigenvalue weighted by Gasteiger charge is 2.51. The van der Waals surface area contributed by atoms with Gasteiger partial charge in [0, 0.05) is 0 Å². The molecule has 0 aromatic carbocycles. The van der Waals surface area contributed by atoms with Crippen LogP contribution in [0.1, 0.15) is 59.3 Å². The Hall–Kier alpha value is -0.0400.